The van der Waals surface area contributed by atoms with Crippen LogP contribution in [0.4, 0.5) is 10.5 Å². The summed E-state index contributed by atoms with van der Waals surface area (Å²) < 4.78 is 5.15. The summed E-state index contributed by atoms with van der Waals surface area (Å²) in [6.45, 7) is 8.27. The smallest absolute Gasteiger partial charge is 0.449 e. The Hall–Kier alpha value is -1.60. The van der Waals surface area contributed by atoms with Gasteiger partial charge in [0.2, 0.25) is 11.0 Å². The van der Waals surface area contributed by atoms with Crippen LogP contribution in [0.5, 0.6) is 5.06 Å². The molecule has 29 heavy (non-hydrogen) atoms. The minimum Gasteiger partial charge on any atom is -0.449 e. The Bertz CT molecular complexity index is 716. The SMILES string of the molecule is CC1CCC(C(=O)N(c2cc(C3CCN(C)CC3)sc2OC(=O)O)C(C)C)CC1. The Morgan fingerprint density at radius 2 is 1.79 bits per heavy atom. The Morgan fingerprint density at radius 3 is 2.34 bits per heavy atom. The summed E-state index contributed by atoms with van der Waals surface area (Å²) in [5.74, 6) is 1.18. The summed E-state index contributed by atoms with van der Waals surface area (Å²) in [7, 11) is 2.12. The molecule has 2 aliphatic rings. The zero-order valence-corrected chi connectivity index (χ0v) is 18.8. The topological polar surface area (TPSA) is 70.1 Å². The average molecular weight is 423 g/mol. The van der Waals surface area contributed by atoms with Crippen LogP contribution in [0.25, 0.3) is 0 Å². The van der Waals surface area contributed by atoms with E-state index in [9.17, 15) is 14.7 Å². The van der Waals surface area contributed by atoms with Crippen molar-refractivity contribution in [2.45, 2.75) is 71.3 Å². The molecule has 0 spiro atoms. The van der Waals surface area contributed by atoms with Crippen molar-refractivity contribution in [1.82, 2.24) is 4.90 Å². The molecule has 3 rings (SSSR count). The second-order valence-electron chi connectivity index (χ2n) is 9.03. The molecule has 1 N–H and O–H groups in total. The number of rotatable bonds is 5. The van der Waals surface area contributed by atoms with Crippen molar-refractivity contribution in [2.24, 2.45) is 11.8 Å². The first-order valence-electron chi connectivity index (χ1n) is 10.8. The molecule has 2 fully saturated rings. The maximum atomic E-state index is 13.4. The Labute approximate surface area is 177 Å². The third-order valence-electron chi connectivity index (χ3n) is 6.38. The molecule has 1 saturated carbocycles. The largest absolute Gasteiger partial charge is 0.512 e. The van der Waals surface area contributed by atoms with Crippen molar-refractivity contribution in [3.05, 3.63) is 10.9 Å². The van der Waals surface area contributed by atoms with Crippen LogP contribution in [0.1, 0.15) is 70.1 Å². The minimum absolute atomic E-state index is 0.0120. The van der Waals surface area contributed by atoms with Crippen LogP contribution in [0.15, 0.2) is 6.07 Å². The normalized spacial score (nSPS) is 23.9. The quantitative estimate of drug-likeness (QED) is 0.662. The third kappa shape index (κ3) is 5.31. The lowest BCUT2D eigenvalue weighted by atomic mass is 9.82. The highest BCUT2D eigenvalue weighted by atomic mass is 32.1. The van der Waals surface area contributed by atoms with Crippen LogP contribution in [0.2, 0.25) is 0 Å². The highest BCUT2D eigenvalue weighted by Crippen LogP contribution is 2.45. The number of thiophene rings is 1. The molecule has 162 valence electrons. The van der Waals surface area contributed by atoms with Gasteiger partial charge in [-0.1, -0.05) is 6.92 Å². The van der Waals surface area contributed by atoms with Crippen LogP contribution in [0.3, 0.4) is 0 Å². The van der Waals surface area contributed by atoms with Crippen molar-refractivity contribution in [3.8, 4) is 5.06 Å². The second-order valence-corrected chi connectivity index (χ2v) is 10.1. The van der Waals surface area contributed by atoms with Crippen LogP contribution >= 0.6 is 11.3 Å². The number of hydrogen-bond donors (Lipinski definition) is 1. The lowest BCUT2D eigenvalue weighted by Gasteiger charge is -2.33. The molecule has 6 nitrogen and oxygen atoms in total. The van der Waals surface area contributed by atoms with E-state index in [-0.39, 0.29) is 17.9 Å². The molecule has 1 saturated heterocycles. The predicted molar refractivity (Wildman–Crippen MR) is 116 cm³/mol. The summed E-state index contributed by atoms with van der Waals surface area (Å²) in [6.07, 6.45) is 4.72. The van der Waals surface area contributed by atoms with Gasteiger partial charge in [-0.2, -0.15) is 0 Å². The molecule has 0 unspecified atom stereocenters. The fourth-order valence-corrected chi connectivity index (χ4v) is 5.71. The minimum atomic E-state index is -1.33. The fourth-order valence-electron chi connectivity index (χ4n) is 4.55. The van der Waals surface area contributed by atoms with Crippen molar-refractivity contribution in [1.29, 1.82) is 0 Å². The van der Waals surface area contributed by atoms with Gasteiger partial charge in [0.1, 0.15) is 0 Å². The fraction of sp³-hybridized carbons (Fsp3) is 0.727. The number of likely N-dealkylation sites (tertiary alicyclic amines) is 1. The second kappa shape index (κ2) is 9.47. The predicted octanol–water partition coefficient (Wildman–Crippen LogP) is 5.18. The van der Waals surface area contributed by atoms with E-state index in [2.05, 4.69) is 18.9 Å². The number of hydrogen-bond acceptors (Lipinski definition) is 5. The summed E-state index contributed by atoms with van der Waals surface area (Å²) in [5, 5.41) is 9.59. The van der Waals surface area contributed by atoms with Gasteiger partial charge in [0.25, 0.3) is 0 Å². The highest BCUT2D eigenvalue weighted by Gasteiger charge is 2.34. The average Bonchev–Trinajstić information content (AvgIpc) is 3.05. The number of nitrogens with zero attached hydrogens (tertiary/aromatic N) is 2. The zero-order chi connectivity index (χ0) is 21.1. The summed E-state index contributed by atoms with van der Waals surface area (Å²) in [6, 6.07) is 1.96. The molecule has 1 aliphatic carbocycles. The van der Waals surface area contributed by atoms with E-state index in [1.165, 1.54) is 11.3 Å². The van der Waals surface area contributed by atoms with E-state index in [0.717, 1.165) is 56.5 Å². The molecule has 1 aromatic rings. The number of ether oxygens (including phenoxy) is 1. The van der Waals surface area contributed by atoms with Crippen LogP contribution in [-0.2, 0) is 4.79 Å². The van der Waals surface area contributed by atoms with Gasteiger partial charge in [0.05, 0.1) is 5.69 Å². The van der Waals surface area contributed by atoms with Gasteiger partial charge in [-0.3, -0.25) is 4.79 Å². The van der Waals surface area contributed by atoms with Crippen LogP contribution < -0.4 is 9.64 Å². The van der Waals surface area contributed by atoms with E-state index in [4.69, 9.17) is 4.74 Å². The van der Waals surface area contributed by atoms with Crippen molar-refractivity contribution in [2.75, 3.05) is 25.0 Å². The van der Waals surface area contributed by atoms with E-state index < -0.39 is 6.16 Å². The first kappa shape index (κ1) is 22.1. The highest BCUT2D eigenvalue weighted by molar-refractivity contribution is 7.14. The van der Waals surface area contributed by atoms with Gasteiger partial charge in [-0.05, 0) is 90.4 Å². The number of anilines is 1. The van der Waals surface area contributed by atoms with Crippen LogP contribution in [0, 0.1) is 11.8 Å². The lowest BCUT2D eigenvalue weighted by molar-refractivity contribution is -0.123. The van der Waals surface area contributed by atoms with Crippen molar-refractivity contribution < 1.29 is 19.4 Å². The molecule has 7 heteroatoms. The first-order valence-corrected chi connectivity index (χ1v) is 11.6. The van der Waals surface area contributed by atoms with Crippen molar-refractivity contribution >= 4 is 29.1 Å². The number of carboxylic acid groups (broad SMARTS) is 1. The monoisotopic (exact) mass is 422 g/mol. The molecule has 0 radical (unpaired) electrons. The van der Waals surface area contributed by atoms with Crippen molar-refractivity contribution in [3.63, 3.8) is 0 Å². The Balaban J connectivity index is 1.89. The zero-order valence-electron chi connectivity index (χ0n) is 18.0. The standard InChI is InChI=1S/C22H34N2O4S/c1-14(2)24(20(25)17-7-5-15(3)6-8-17)18-13-19(29-21(18)28-22(26)27)16-9-11-23(4)12-10-16/h13-17H,5-12H2,1-4H3,(H,26,27). The maximum Gasteiger partial charge on any atom is 0.512 e. The first-order chi connectivity index (χ1) is 13.8. The Kier molecular flexibility index (Phi) is 7.22. The molecule has 1 aromatic heterocycles. The lowest BCUT2D eigenvalue weighted by Crippen LogP contribution is -2.42. The van der Waals surface area contributed by atoms with Crippen LogP contribution in [-0.4, -0.2) is 48.2 Å². The van der Waals surface area contributed by atoms with Gasteiger partial charge < -0.3 is 19.6 Å². The molecule has 2 heterocycles. The molecular formula is C22H34N2O4S. The molecular weight excluding hydrogens is 388 g/mol. The summed E-state index contributed by atoms with van der Waals surface area (Å²) >= 11 is 1.39. The van der Waals surface area contributed by atoms with Gasteiger partial charge in [0, 0.05) is 16.8 Å². The summed E-state index contributed by atoms with van der Waals surface area (Å²) in [4.78, 5) is 30.0. The number of carbonyl (C=O) groups is 2. The van der Waals surface area contributed by atoms with Gasteiger partial charge >= 0.3 is 6.16 Å². The maximum absolute atomic E-state index is 13.4. The third-order valence-corrected chi connectivity index (χ3v) is 7.54. The molecule has 0 atom stereocenters. The molecule has 0 bridgehead atoms. The number of amides is 1. The number of piperidine rings is 1. The number of carbonyl (C=O) groups excluding carboxylic acids is 1. The molecule has 0 aromatic carbocycles. The van der Waals surface area contributed by atoms with Gasteiger partial charge in [-0.15, -0.1) is 11.3 Å². The van der Waals surface area contributed by atoms with E-state index >= 15 is 0 Å². The van der Waals surface area contributed by atoms with Gasteiger partial charge in [0.15, 0.2) is 0 Å². The van der Waals surface area contributed by atoms with Gasteiger partial charge in [-0.25, -0.2) is 4.79 Å². The molecule has 1 aliphatic heterocycles. The summed E-state index contributed by atoms with van der Waals surface area (Å²) in [5.41, 5.74) is 0.630. The van der Waals surface area contributed by atoms with E-state index in [1.54, 1.807) is 4.90 Å². The van der Waals surface area contributed by atoms with E-state index in [1.807, 2.05) is 19.9 Å². The Morgan fingerprint density at radius 1 is 1.17 bits per heavy atom. The van der Waals surface area contributed by atoms with E-state index in [0.29, 0.717) is 22.6 Å². The molecule has 1 amide bonds.